The summed E-state index contributed by atoms with van der Waals surface area (Å²) >= 11 is 0. The van der Waals surface area contributed by atoms with Crippen LogP contribution in [0.15, 0.2) is 65.7 Å². The highest BCUT2D eigenvalue weighted by atomic mass is 32.2. The van der Waals surface area contributed by atoms with Gasteiger partial charge in [-0.3, -0.25) is 9.71 Å². The van der Waals surface area contributed by atoms with Crippen LogP contribution in [-0.4, -0.2) is 13.4 Å². The van der Waals surface area contributed by atoms with Gasteiger partial charge in [-0.05, 0) is 43.3 Å². The van der Waals surface area contributed by atoms with E-state index in [2.05, 4.69) is 9.71 Å². The second-order valence-corrected chi connectivity index (χ2v) is 6.45. The number of aryl methyl sites for hydroxylation is 1. The van der Waals surface area contributed by atoms with Crippen molar-refractivity contribution in [3.63, 3.8) is 0 Å². The SMILES string of the molecule is Cc1ccc(NS(=O)(=O)c2cccc3ncccc23)cc1. The van der Waals surface area contributed by atoms with Gasteiger partial charge in [0.25, 0.3) is 10.0 Å². The third kappa shape index (κ3) is 2.73. The van der Waals surface area contributed by atoms with Crippen LogP contribution in [0.4, 0.5) is 5.69 Å². The molecule has 0 aliphatic carbocycles. The fourth-order valence-corrected chi connectivity index (χ4v) is 3.42. The fourth-order valence-electron chi connectivity index (χ4n) is 2.14. The van der Waals surface area contributed by atoms with Gasteiger partial charge in [0.2, 0.25) is 0 Å². The molecule has 106 valence electrons. The minimum atomic E-state index is -3.64. The smallest absolute Gasteiger partial charge is 0.262 e. The molecule has 0 aliphatic rings. The van der Waals surface area contributed by atoms with Crippen molar-refractivity contribution in [2.45, 2.75) is 11.8 Å². The molecular weight excluding hydrogens is 284 g/mol. The van der Waals surface area contributed by atoms with Crippen LogP contribution in [-0.2, 0) is 10.0 Å². The molecule has 0 aliphatic heterocycles. The zero-order valence-electron chi connectivity index (χ0n) is 11.4. The minimum Gasteiger partial charge on any atom is -0.280 e. The number of pyridine rings is 1. The maximum Gasteiger partial charge on any atom is 0.262 e. The number of hydrogen-bond acceptors (Lipinski definition) is 3. The molecule has 21 heavy (non-hydrogen) atoms. The fraction of sp³-hybridized carbons (Fsp3) is 0.0625. The van der Waals surface area contributed by atoms with E-state index in [1.165, 1.54) is 0 Å². The molecule has 0 fully saturated rings. The van der Waals surface area contributed by atoms with Gasteiger partial charge in [-0.15, -0.1) is 0 Å². The van der Waals surface area contributed by atoms with E-state index in [0.29, 0.717) is 16.6 Å². The highest BCUT2D eigenvalue weighted by molar-refractivity contribution is 7.93. The lowest BCUT2D eigenvalue weighted by Gasteiger charge is -2.10. The predicted octanol–water partition coefficient (Wildman–Crippen LogP) is 3.34. The van der Waals surface area contributed by atoms with Crippen molar-refractivity contribution in [3.8, 4) is 0 Å². The van der Waals surface area contributed by atoms with E-state index < -0.39 is 10.0 Å². The van der Waals surface area contributed by atoms with Crippen LogP contribution < -0.4 is 4.72 Å². The van der Waals surface area contributed by atoms with Crippen molar-refractivity contribution in [1.29, 1.82) is 0 Å². The third-order valence-electron chi connectivity index (χ3n) is 3.20. The average molecular weight is 298 g/mol. The van der Waals surface area contributed by atoms with Gasteiger partial charge in [-0.25, -0.2) is 8.42 Å². The number of rotatable bonds is 3. The zero-order valence-corrected chi connectivity index (χ0v) is 12.3. The Balaban J connectivity index is 2.06. The standard InChI is InChI=1S/C16H14N2O2S/c1-12-7-9-13(10-8-12)18-21(19,20)16-6-2-5-15-14(16)4-3-11-17-15/h2-11,18H,1H3. The first kappa shape index (κ1) is 13.6. The maximum atomic E-state index is 12.6. The Morgan fingerprint density at radius 1 is 0.952 bits per heavy atom. The normalized spacial score (nSPS) is 11.5. The molecule has 1 N–H and O–H groups in total. The van der Waals surface area contributed by atoms with Crippen molar-refractivity contribution in [3.05, 3.63) is 66.4 Å². The molecule has 0 amide bonds. The molecule has 2 aromatic carbocycles. The summed E-state index contributed by atoms with van der Waals surface area (Å²) in [4.78, 5) is 4.41. The first-order chi connectivity index (χ1) is 10.1. The summed E-state index contributed by atoms with van der Waals surface area (Å²) in [7, 11) is -3.64. The van der Waals surface area contributed by atoms with Gasteiger partial charge in [-0.2, -0.15) is 0 Å². The van der Waals surface area contributed by atoms with E-state index in [9.17, 15) is 8.42 Å². The van der Waals surface area contributed by atoms with Gasteiger partial charge in [-0.1, -0.05) is 23.8 Å². The Morgan fingerprint density at radius 3 is 2.48 bits per heavy atom. The van der Waals surface area contributed by atoms with Crippen LogP contribution in [0.25, 0.3) is 10.9 Å². The Morgan fingerprint density at radius 2 is 1.71 bits per heavy atom. The number of nitrogens with zero attached hydrogens (tertiary/aromatic N) is 1. The van der Waals surface area contributed by atoms with Crippen LogP contribution in [0, 0.1) is 6.92 Å². The van der Waals surface area contributed by atoms with Crippen LogP contribution in [0.2, 0.25) is 0 Å². The quantitative estimate of drug-likeness (QED) is 0.806. The molecule has 0 unspecified atom stereocenters. The van der Waals surface area contributed by atoms with E-state index in [4.69, 9.17) is 0 Å². The molecule has 0 saturated heterocycles. The number of sulfonamides is 1. The molecule has 3 rings (SSSR count). The second kappa shape index (κ2) is 5.18. The van der Waals surface area contributed by atoms with Gasteiger partial charge >= 0.3 is 0 Å². The number of anilines is 1. The molecule has 4 nitrogen and oxygen atoms in total. The van der Waals surface area contributed by atoms with E-state index >= 15 is 0 Å². The predicted molar refractivity (Wildman–Crippen MR) is 83.7 cm³/mol. The summed E-state index contributed by atoms with van der Waals surface area (Å²) in [5.41, 5.74) is 2.28. The van der Waals surface area contributed by atoms with Crippen LogP contribution >= 0.6 is 0 Å². The average Bonchev–Trinajstić information content (AvgIpc) is 2.49. The van der Waals surface area contributed by atoms with Crippen molar-refractivity contribution < 1.29 is 8.42 Å². The molecule has 0 radical (unpaired) electrons. The minimum absolute atomic E-state index is 0.230. The highest BCUT2D eigenvalue weighted by Gasteiger charge is 2.17. The summed E-state index contributed by atoms with van der Waals surface area (Å²) in [5, 5.41) is 0.611. The molecule has 0 bridgehead atoms. The second-order valence-electron chi connectivity index (χ2n) is 4.80. The number of fused-ring (bicyclic) bond motifs is 1. The monoisotopic (exact) mass is 298 g/mol. The van der Waals surface area contributed by atoms with Crippen LogP contribution in [0.1, 0.15) is 5.56 Å². The lowest BCUT2D eigenvalue weighted by atomic mass is 10.2. The third-order valence-corrected chi connectivity index (χ3v) is 4.64. The first-order valence-electron chi connectivity index (χ1n) is 6.49. The van der Waals surface area contributed by atoms with Gasteiger partial charge in [0.05, 0.1) is 10.4 Å². The van der Waals surface area contributed by atoms with Gasteiger partial charge in [0.15, 0.2) is 0 Å². The van der Waals surface area contributed by atoms with Gasteiger partial charge < -0.3 is 0 Å². The number of hydrogen-bond donors (Lipinski definition) is 1. The highest BCUT2D eigenvalue weighted by Crippen LogP contribution is 2.23. The largest absolute Gasteiger partial charge is 0.280 e. The first-order valence-corrected chi connectivity index (χ1v) is 7.98. The lowest BCUT2D eigenvalue weighted by Crippen LogP contribution is -2.13. The van der Waals surface area contributed by atoms with Crippen molar-refractivity contribution in [1.82, 2.24) is 4.98 Å². The van der Waals surface area contributed by atoms with Crippen molar-refractivity contribution in [2.75, 3.05) is 4.72 Å². The maximum absolute atomic E-state index is 12.6. The molecule has 0 saturated carbocycles. The molecule has 5 heteroatoms. The van der Waals surface area contributed by atoms with E-state index in [0.717, 1.165) is 5.56 Å². The molecule has 1 aromatic heterocycles. The summed E-state index contributed by atoms with van der Waals surface area (Å²) in [6.45, 7) is 1.95. The van der Waals surface area contributed by atoms with Crippen molar-refractivity contribution in [2.24, 2.45) is 0 Å². The number of aromatic nitrogens is 1. The Labute approximate surface area is 123 Å². The van der Waals surface area contributed by atoms with Crippen LogP contribution in [0.3, 0.4) is 0 Å². The Kier molecular flexibility index (Phi) is 3.35. The lowest BCUT2D eigenvalue weighted by molar-refractivity contribution is 0.602. The van der Waals surface area contributed by atoms with Gasteiger partial charge in [0.1, 0.15) is 0 Å². The van der Waals surface area contributed by atoms with E-state index in [1.54, 1.807) is 48.7 Å². The Hall–Kier alpha value is -2.40. The topological polar surface area (TPSA) is 59.1 Å². The van der Waals surface area contributed by atoms with Crippen molar-refractivity contribution >= 4 is 26.6 Å². The summed E-state index contributed by atoms with van der Waals surface area (Å²) in [6.07, 6.45) is 1.64. The molecule has 0 spiro atoms. The molecular formula is C16H14N2O2S. The number of benzene rings is 2. The Bertz CT molecular complexity index is 882. The van der Waals surface area contributed by atoms with Crippen LogP contribution in [0.5, 0.6) is 0 Å². The van der Waals surface area contributed by atoms with Gasteiger partial charge in [0, 0.05) is 17.3 Å². The molecule has 1 heterocycles. The van der Waals surface area contributed by atoms with E-state index in [1.807, 2.05) is 19.1 Å². The summed E-state index contributed by atoms with van der Waals surface area (Å²) in [5.74, 6) is 0. The molecule has 0 atom stereocenters. The molecule has 3 aromatic rings. The van der Waals surface area contributed by atoms with E-state index in [-0.39, 0.29) is 4.90 Å². The zero-order chi connectivity index (χ0) is 14.9. The summed E-state index contributed by atoms with van der Waals surface area (Å²) < 4.78 is 27.7. The number of nitrogens with one attached hydrogen (secondary N) is 1. The summed E-state index contributed by atoms with van der Waals surface area (Å²) in [6, 6.07) is 15.8.